The van der Waals surface area contributed by atoms with Crippen LogP contribution in [0.5, 0.6) is 0 Å². The molecule has 21 heavy (non-hydrogen) atoms. The maximum atomic E-state index is 2.24. The molecule has 3 rings (SSSR count). The predicted molar refractivity (Wildman–Crippen MR) is 84.9 cm³/mol. The molecule has 1 heterocycles. The van der Waals surface area contributed by atoms with Gasteiger partial charge in [0.05, 0.1) is 5.56 Å². The van der Waals surface area contributed by atoms with Gasteiger partial charge in [-0.3, -0.25) is 0 Å². The van der Waals surface area contributed by atoms with E-state index < -0.39 is 0 Å². The first kappa shape index (κ1) is 15.3. The van der Waals surface area contributed by atoms with Crippen molar-refractivity contribution in [3.63, 3.8) is 0 Å². The number of anilines is 1. The summed E-state index contributed by atoms with van der Waals surface area (Å²) in [5, 5.41) is 2.57. The number of pyridine rings is 1. The molecule has 0 aliphatic heterocycles. The normalized spacial score (nSPS) is 10.2. The molecule has 0 aliphatic rings. The van der Waals surface area contributed by atoms with Crippen molar-refractivity contribution >= 4 is 16.5 Å². The van der Waals surface area contributed by atoms with Gasteiger partial charge in [-0.15, -0.1) is 0 Å². The number of benzene rings is 2. The Morgan fingerprint density at radius 1 is 0.905 bits per heavy atom. The molecule has 0 aliphatic carbocycles. The molecule has 0 spiro atoms. The fraction of sp³-hybridized carbons (Fsp3) is 0.167. The highest BCUT2D eigenvalue weighted by Crippen LogP contribution is 2.28. The van der Waals surface area contributed by atoms with Crippen molar-refractivity contribution in [1.82, 2.24) is 0 Å². The molecule has 2 aromatic carbocycles. The zero-order valence-electron chi connectivity index (χ0n) is 12.5. The average Bonchev–Trinajstić information content (AvgIpc) is 2.47. The molecule has 3 heteroatoms. The van der Waals surface area contributed by atoms with Crippen LogP contribution in [0.2, 0.25) is 0 Å². The van der Waals surface area contributed by atoms with Crippen LogP contribution >= 0.6 is 0 Å². The first-order chi connectivity index (χ1) is 9.66. The number of aryl methyl sites for hydroxylation is 1. The number of nitrogens with zero attached hydrogens (tertiary/aromatic N) is 2. The minimum absolute atomic E-state index is 0. The number of aromatic nitrogens is 1. The molecule has 0 saturated carbocycles. The van der Waals surface area contributed by atoms with Crippen molar-refractivity contribution in [2.75, 3.05) is 19.0 Å². The van der Waals surface area contributed by atoms with Gasteiger partial charge in [-0.25, -0.2) is 4.57 Å². The Morgan fingerprint density at radius 2 is 1.62 bits per heavy atom. The monoisotopic (exact) mass is 298 g/mol. The van der Waals surface area contributed by atoms with E-state index in [0.717, 1.165) is 0 Å². The molecule has 0 saturated heterocycles. The topological polar surface area (TPSA) is 7.12 Å². The van der Waals surface area contributed by atoms with E-state index in [4.69, 9.17) is 0 Å². The second-order valence-electron chi connectivity index (χ2n) is 5.30. The molecule has 3 aromatic rings. The summed E-state index contributed by atoms with van der Waals surface area (Å²) < 4.78 is 2.18. The van der Waals surface area contributed by atoms with E-state index in [1.165, 1.54) is 27.7 Å². The lowest BCUT2D eigenvalue weighted by molar-refractivity contribution is -0.660. The summed E-state index contributed by atoms with van der Waals surface area (Å²) in [6.07, 6.45) is 2.12. The van der Waals surface area contributed by atoms with Crippen LogP contribution in [-0.4, -0.2) is 14.1 Å². The Balaban J connectivity index is 0.00000161. The van der Waals surface area contributed by atoms with Crippen molar-refractivity contribution in [3.8, 4) is 11.3 Å². The third-order valence-corrected chi connectivity index (χ3v) is 3.72. The van der Waals surface area contributed by atoms with E-state index in [1.807, 2.05) is 0 Å². The SMILES string of the molecule is CN(C)c1cc[n+](C)c(-c2cccc3ccccc23)c1.[Cl-]. The quantitative estimate of drug-likeness (QED) is 0.621. The molecule has 1 aromatic heterocycles. The Labute approximate surface area is 132 Å². The molecule has 0 radical (unpaired) electrons. The van der Waals surface area contributed by atoms with Gasteiger partial charge in [0.1, 0.15) is 7.05 Å². The van der Waals surface area contributed by atoms with E-state index in [1.54, 1.807) is 0 Å². The summed E-state index contributed by atoms with van der Waals surface area (Å²) in [5.41, 5.74) is 3.72. The number of fused-ring (bicyclic) bond motifs is 1. The highest BCUT2D eigenvalue weighted by Gasteiger charge is 2.14. The van der Waals surface area contributed by atoms with Crippen molar-refractivity contribution < 1.29 is 17.0 Å². The summed E-state index contributed by atoms with van der Waals surface area (Å²) in [5.74, 6) is 0. The van der Waals surface area contributed by atoms with Crippen molar-refractivity contribution in [2.24, 2.45) is 7.05 Å². The van der Waals surface area contributed by atoms with Gasteiger partial charge in [0.25, 0.3) is 0 Å². The maximum Gasteiger partial charge on any atom is 0.214 e. The van der Waals surface area contributed by atoms with E-state index in [0.29, 0.717) is 0 Å². The molecular formula is C18H19ClN2. The maximum absolute atomic E-state index is 2.24. The molecule has 2 nitrogen and oxygen atoms in total. The average molecular weight is 299 g/mol. The Hall–Kier alpha value is -2.06. The van der Waals surface area contributed by atoms with Crippen LogP contribution in [0.15, 0.2) is 60.8 Å². The van der Waals surface area contributed by atoms with Crippen molar-refractivity contribution in [1.29, 1.82) is 0 Å². The third-order valence-electron chi connectivity index (χ3n) is 3.72. The van der Waals surface area contributed by atoms with E-state index in [2.05, 4.69) is 91.4 Å². The molecular weight excluding hydrogens is 280 g/mol. The Morgan fingerprint density at radius 3 is 2.38 bits per heavy atom. The molecule has 0 amide bonds. The van der Waals surface area contributed by atoms with Crippen molar-refractivity contribution in [3.05, 3.63) is 60.8 Å². The van der Waals surface area contributed by atoms with Gasteiger partial charge in [0.15, 0.2) is 6.20 Å². The van der Waals surface area contributed by atoms with E-state index >= 15 is 0 Å². The zero-order valence-corrected chi connectivity index (χ0v) is 13.3. The Bertz CT molecular complexity index is 761. The summed E-state index contributed by atoms with van der Waals surface area (Å²) in [6.45, 7) is 0. The van der Waals surface area contributed by atoms with E-state index in [9.17, 15) is 0 Å². The van der Waals surface area contributed by atoms with Gasteiger partial charge in [0.2, 0.25) is 5.69 Å². The number of hydrogen-bond acceptors (Lipinski definition) is 1. The lowest BCUT2D eigenvalue weighted by Gasteiger charge is -2.13. The molecule has 108 valence electrons. The number of halogens is 1. The highest BCUT2D eigenvalue weighted by molar-refractivity contribution is 5.95. The predicted octanol–water partition coefficient (Wildman–Crippen LogP) is 0.401. The van der Waals surface area contributed by atoms with Crippen LogP contribution in [0.3, 0.4) is 0 Å². The van der Waals surface area contributed by atoms with Crippen LogP contribution < -0.4 is 21.9 Å². The van der Waals surface area contributed by atoms with Gasteiger partial charge in [-0.1, -0.05) is 36.4 Å². The summed E-state index contributed by atoms with van der Waals surface area (Å²) in [4.78, 5) is 2.13. The fourth-order valence-electron chi connectivity index (χ4n) is 2.55. The van der Waals surface area contributed by atoms with Crippen molar-refractivity contribution in [2.45, 2.75) is 0 Å². The second-order valence-corrected chi connectivity index (χ2v) is 5.30. The largest absolute Gasteiger partial charge is 1.00 e. The van der Waals surface area contributed by atoms with E-state index in [-0.39, 0.29) is 12.4 Å². The van der Waals surface area contributed by atoms with Gasteiger partial charge in [-0.05, 0) is 16.8 Å². The van der Waals surface area contributed by atoms with Gasteiger partial charge < -0.3 is 17.3 Å². The first-order valence-electron chi connectivity index (χ1n) is 6.82. The minimum atomic E-state index is 0. The minimum Gasteiger partial charge on any atom is -1.00 e. The molecule has 0 atom stereocenters. The van der Waals surface area contributed by atoms with Gasteiger partial charge in [-0.2, -0.15) is 0 Å². The Kier molecular flexibility index (Phi) is 4.49. The van der Waals surface area contributed by atoms with Crippen LogP contribution in [-0.2, 0) is 7.05 Å². The zero-order chi connectivity index (χ0) is 14.1. The number of hydrogen-bond donors (Lipinski definition) is 0. The summed E-state index contributed by atoms with van der Waals surface area (Å²) in [6, 6.07) is 19.4. The van der Waals surface area contributed by atoms with Crippen LogP contribution in [0.1, 0.15) is 0 Å². The first-order valence-corrected chi connectivity index (χ1v) is 6.82. The van der Waals surface area contributed by atoms with Gasteiger partial charge >= 0.3 is 0 Å². The van der Waals surface area contributed by atoms with Crippen LogP contribution in [0.4, 0.5) is 5.69 Å². The summed E-state index contributed by atoms with van der Waals surface area (Å²) >= 11 is 0. The van der Waals surface area contributed by atoms with Crippen LogP contribution in [0, 0.1) is 0 Å². The molecule has 0 bridgehead atoms. The lowest BCUT2D eigenvalue weighted by Crippen LogP contribution is -3.00. The molecule has 0 fully saturated rings. The smallest absolute Gasteiger partial charge is 0.214 e. The molecule has 0 N–H and O–H groups in total. The molecule has 0 unspecified atom stereocenters. The number of rotatable bonds is 2. The summed E-state index contributed by atoms with van der Waals surface area (Å²) in [7, 11) is 6.24. The lowest BCUT2D eigenvalue weighted by atomic mass is 10.0. The third kappa shape index (κ3) is 2.86. The fourth-order valence-corrected chi connectivity index (χ4v) is 2.55. The van der Waals surface area contributed by atoms with Crippen LogP contribution in [0.25, 0.3) is 22.0 Å². The highest BCUT2D eigenvalue weighted by atomic mass is 35.5. The second kappa shape index (κ2) is 6.15. The standard InChI is InChI=1S/C18H19N2.ClH/c1-19(2)15-11-12-20(3)18(13-15)17-10-6-8-14-7-4-5-9-16(14)17;/h4-13H,1-3H3;1H/q+1;/p-1. The van der Waals surface area contributed by atoms with Gasteiger partial charge in [0, 0.05) is 31.9 Å².